The summed E-state index contributed by atoms with van der Waals surface area (Å²) < 4.78 is 10.4. The molecule has 71 heavy (non-hydrogen) atoms. The average Bonchev–Trinajstić information content (AvgIpc) is 3.33. The van der Waals surface area contributed by atoms with Gasteiger partial charge in [0.25, 0.3) is 5.91 Å². The molecule has 2 bridgehead atoms. The number of methoxy groups -OCH3 is 1. The molecule has 2 saturated heterocycles. The summed E-state index contributed by atoms with van der Waals surface area (Å²) in [7, 11) is 3.41. The fraction of sp³-hybridized carbons (Fsp3) is 0.595. The molecule has 0 spiro atoms. The number of aliphatic carboxylic acids is 1. The van der Waals surface area contributed by atoms with Crippen LogP contribution in [0.4, 0.5) is 0 Å². The van der Waals surface area contributed by atoms with Gasteiger partial charge < -0.3 is 79.6 Å². The highest BCUT2D eigenvalue weighted by molar-refractivity contribution is 8.76. The largest absolute Gasteiger partial charge is 0.481 e. The Morgan fingerprint density at radius 2 is 1.32 bits per heavy atom. The molecule has 0 radical (unpaired) electrons. The molecule has 2 heterocycles. The van der Waals surface area contributed by atoms with E-state index in [2.05, 4.69) is 52.8 Å². The quantitative estimate of drug-likeness (QED) is 0.0268. The summed E-state index contributed by atoms with van der Waals surface area (Å²) in [5, 5.41) is 31.2. The Hall–Kier alpha value is -5.88. The van der Waals surface area contributed by atoms with Crippen molar-refractivity contribution in [3.8, 4) is 0 Å². The number of thioether (sulfide) groups is 1. The van der Waals surface area contributed by atoms with E-state index < -0.39 is 119 Å². The van der Waals surface area contributed by atoms with Crippen molar-refractivity contribution in [2.75, 3.05) is 70.4 Å². The van der Waals surface area contributed by atoms with Crippen LogP contribution in [0.2, 0.25) is 0 Å². The molecule has 26 nitrogen and oxygen atoms in total. The molecule has 394 valence electrons. The third-order valence-electron chi connectivity index (χ3n) is 10.2. The number of carboxylic acids is 1. The van der Waals surface area contributed by atoms with Crippen LogP contribution >= 0.6 is 33.3 Å². The Balaban J connectivity index is 2.16. The van der Waals surface area contributed by atoms with Crippen molar-refractivity contribution >= 4 is 98.4 Å². The predicted molar refractivity (Wildman–Crippen MR) is 265 cm³/mol. The summed E-state index contributed by atoms with van der Waals surface area (Å²) in [5.74, 6) is -10.6. The van der Waals surface area contributed by atoms with E-state index in [1.165, 1.54) is 7.11 Å². The minimum atomic E-state index is -1.77. The first-order chi connectivity index (χ1) is 34.0. The van der Waals surface area contributed by atoms with Crippen LogP contribution in [0.25, 0.3) is 0 Å². The number of rotatable bonds is 19. The maximum absolute atomic E-state index is 14.4. The summed E-state index contributed by atoms with van der Waals surface area (Å²) >= 11 is 0.701. The molecule has 7 atom stereocenters. The molecule has 2 fully saturated rings. The van der Waals surface area contributed by atoms with Gasteiger partial charge in [-0.25, -0.2) is 0 Å². The number of hydrogen-bond donors (Lipinski definition) is 13. The van der Waals surface area contributed by atoms with E-state index in [0.29, 0.717) is 36.8 Å². The van der Waals surface area contributed by atoms with E-state index in [0.717, 1.165) is 21.6 Å². The molecule has 1 aromatic rings. The Morgan fingerprint density at radius 3 is 1.96 bits per heavy atom. The molecule has 29 heteroatoms. The number of nitrogens with zero attached hydrogens (tertiary/aromatic N) is 1. The third kappa shape index (κ3) is 23.3. The number of guanidine groups is 1. The SMILES string of the molecule is COCCOCCNC(=O)C1NC(=O)[C@H](Cc2ccccc2)NC(=O)[C@@H]2CSSC[C@H](NC(=O)[C@H](CCCCN)NC(=O)CS1)C(=O)N[C@@H](CCCN=C(N)N)C(=O)NCC(=O)N[C@@H](CC(=O)O)C(=O)N2. The normalized spacial score (nSPS) is 23.7. The number of fused-ring (bicyclic) bond motifs is 5. The van der Waals surface area contributed by atoms with Gasteiger partial charge in [0.1, 0.15) is 36.3 Å². The zero-order chi connectivity index (χ0) is 52.1. The highest BCUT2D eigenvalue weighted by Gasteiger charge is 2.35. The van der Waals surface area contributed by atoms with E-state index in [4.69, 9.17) is 26.7 Å². The lowest BCUT2D eigenvalue weighted by molar-refractivity contribution is -0.141. The van der Waals surface area contributed by atoms with E-state index in [1.807, 2.05) is 0 Å². The van der Waals surface area contributed by atoms with Crippen LogP contribution < -0.4 is 65.1 Å². The van der Waals surface area contributed by atoms with Crippen LogP contribution in [0.15, 0.2) is 35.3 Å². The fourth-order valence-corrected chi connectivity index (χ4v) is 9.75. The van der Waals surface area contributed by atoms with Crippen LogP contribution in [0, 0.1) is 0 Å². The predicted octanol–water partition coefficient (Wildman–Crippen LogP) is -4.73. The topological polar surface area (TPSA) is 408 Å². The number of carboxylic acid groups (broad SMARTS) is 1. The van der Waals surface area contributed by atoms with Gasteiger partial charge in [-0.15, -0.1) is 11.8 Å². The number of nitrogens with one attached hydrogen (secondary N) is 9. The maximum Gasteiger partial charge on any atom is 0.305 e. The van der Waals surface area contributed by atoms with Crippen molar-refractivity contribution in [3.05, 3.63) is 35.9 Å². The zero-order valence-electron chi connectivity index (χ0n) is 39.2. The maximum atomic E-state index is 14.4. The minimum Gasteiger partial charge on any atom is -0.481 e. The monoisotopic (exact) mass is 1060 g/mol. The van der Waals surface area contributed by atoms with E-state index in [1.54, 1.807) is 30.3 Å². The Morgan fingerprint density at radius 1 is 0.718 bits per heavy atom. The minimum absolute atomic E-state index is 0.00620. The average molecular weight is 1060 g/mol. The number of hydrogen-bond acceptors (Lipinski definition) is 17. The summed E-state index contributed by atoms with van der Waals surface area (Å²) in [5.41, 5.74) is 17.2. The van der Waals surface area contributed by atoms with Crippen LogP contribution in [0.5, 0.6) is 0 Å². The standard InChI is InChI=1S/C42H65N13O13S3/c1-67-16-17-68-15-14-46-40(66)41-55-37(63)27(18-24-8-3-2-4-9-24)52-39(65)30-22-71-70-21-29(53-35(61)26(10-5-6-12-43)49-32(57)23-69-41)38(64)51-25(11-7-13-47-42(44)45)34(60)48-20-31(56)50-28(19-33(58)59)36(62)54-30/h2-4,8-9,25-30,41H,5-7,10-23,43H2,1H3,(H,46,66)(H,48,60)(H,49,57)(H,50,56)(H,51,64)(H,52,65)(H,53,61)(H,54,62)(H,55,63)(H,58,59)(H4,44,45,47)/t25-,26-,27-,28-,29-,30-,41?/m0/s1. The number of unbranched alkanes of at least 4 members (excludes halogenated alkanes) is 1. The molecule has 16 N–H and O–H groups in total. The van der Waals surface area contributed by atoms with Crippen molar-refractivity contribution < 1.29 is 62.5 Å². The first-order valence-corrected chi connectivity index (χ1v) is 26.1. The number of aliphatic imine (C=N–C) groups is 1. The van der Waals surface area contributed by atoms with Gasteiger partial charge in [-0.05, 0) is 44.2 Å². The van der Waals surface area contributed by atoms with Gasteiger partial charge in [0.05, 0.1) is 38.5 Å². The summed E-state index contributed by atoms with van der Waals surface area (Å²) in [6.07, 6.45) is -0.102. The van der Waals surface area contributed by atoms with Crippen LogP contribution in [-0.4, -0.2) is 182 Å². The number of benzene rings is 1. The second kappa shape index (κ2) is 32.9. The molecule has 3 rings (SSSR count). The molecule has 9 amide bonds. The summed E-state index contributed by atoms with van der Waals surface area (Å²) in [6.45, 7) is 0.121. The lowest BCUT2D eigenvalue weighted by Crippen LogP contribution is -2.59. The molecule has 2 aliphatic heterocycles. The van der Waals surface area contributed by atoms with Crippen molar-refractivity contribution in [1.29, 1.82) is 0 Å². The second-order valence-electron chi connectivity index (χ2n) is 15.9. The van der Waals surface area contributed by atoms with Crippen molar-refractivity contribution in [2.45, 2.75) is 86.6 Å². The molecule has 1 aromatic carbocycles. The Labute approximate surface area is 422 Å². The Bertz CT molecular complexity index is 2010. The smallest absolute Gasteiger partial charge is 0.305 e. The van der Waals surface area contributed by atoms with Gasteiger partial charge in [0, 0.05) is 38.1 Å². The van der Waals surface area contributed by atoms with Crippen molar-refractivity contribution in [3.63, 3.8) is 0 Å². The molecule has 2 aliphatic rings. The molecule has 1 unspecified atom stereocenters. The number of carbonyl (C=O) groups is 10. The van der Waals surface area contributed by atoms with Crippen LogP contribution in [0.3, 0.4) is 0 Å². The Kier molecular flexibility index (Phi) is 27.5. The number of amides is 9. The first-order valence-electron chi connectivity index (χ1n) is 22.6. The van der Waals surface area contributed by atoms with Gasteiger partial charge in [0.15, 0.2) is 11.3 Å². The van der Waals surface area contributed by atoms with E-state index in [-0.39, 0.29) is 76.0 Å². The van der Waals surface area contributed by atoms with E-state index in [9.17, 15) is 53.1 Å². The van der Waals surface area contributed by atoms with Crippen LogP contribution in [0.1, 0.15) is 44.1 Å². The molecule has 0 aromatic heterocycles. The first kappa shape index (κ1) is 59.4. The van der Waals surface area contributed by atoms with Gasteiger partial charge in [-0.2, -0.15) is 0 Å². The van der Waals surface area contributed by atoms with Crippen molar-refractivity contribution in [2.24, 2.45) is 22.2 Å². The van der Waals surface area contributed by atoms with Gasteiger partial charge in [0.2, 0.25) is 47.3 Å². The molecular formula is C42H65N13O13S3. The molecule has 0 saturated carbocycles. The lowest BCUT2D eigenvalue weighted by atomic mass is 10.0. The lowest BCUT2D eigenvalue weighted by Gasteiger charge is -2.26. The zero-order valence-corrected chi connectivity index (χ0v) is 41.6. The summed E-state index contributed by atoms with van der Waals surface area (Å²) in [6, 6.07) is -0.254. The third-order valence-corrected chi connectivity index (χ3v) is 13.8. The number of carbonyl (C=O) groups excluding carboxylic acids is 9. The highest BCUT2D eigenvalue weighted by atomic mass is 33.1. The van der Waals surface area contributed by atoms with Gasteiger partial charge in [-0.1, -0.05) is 51.9 Å². The number of nitrogens with two attached hydrogens (primary N) is 3. The van der Waals surface area contributed by atoms with Crippen LogP contribution in [-0.2, 0) is 63.8 Å². The number of ether oxygens (including phenoxy) is 2. The highest BCUT2D eigenvalue weighted by Crippen LogP contribution is 2.24. The summed E-state index contributed by atoms with van der Waals surface area (Å²) in [4.78, 5) is 141. The van der Waals surface area contributed by atoms with Gasteiger partial charge in [-0.3, -0.25) is 52.9 Å². The fourth-order valence-electron chi connectivity index (χ4n) is 6.59. The molecule has 0 aliphatic carbocycles. The van der Waals surface area contributed by atoms with Gasteiger partial charge >= 0.3 is 5.97 Å². The molecular weight excluding hydrogens is 991 g/mol. The van der Waals surface area contributed by atoms with E-state index >= 15 is 0 Å². The van der Waals surface area contributed by atoms with Crippen molar-refractivity contribution in [1.82, 2.24) is 47.9 Å². The second-order valence-corrected chi connectivity index (χ2v) is 19.5.